The van der Waals surface area contributed by atoms with Crippen LogP contribution >= 0.6 is 12.4 Å². The molecule has 68 valence electrons. The lowest BCUT2D eigenvalue weighted by Gasteiger charge is -2.06. The van der Waals surface area contributed by atoms with Crippen molar-refractivity contribution in [2.45, 2.75) is 6.04 Å². The Balaban J connectivity index is 0.00000121. The summed E-state index contributed by atoms with van der Waals surface area (Å²) >= 11 is 0. The Morgan fingerprint density at radius 1 is 1.33 bits per heavy atom. The van der Waals surface area contributed by atoms with Gasteiger partial charge in [-0.15, -0.1) is 12.4 Å². The lowest BCUT2D eigenvalue weighted by molar-refractivity contribution is 0.427. The lowest BCUT2D eigenvalue weighted by Crippen LogP contribution is -2.13. The zero-order valence-electron chi connectivity index (χ0n) is 6.34. The van der Waals surface area contributed by atoms with Gasteiger partial charge < -0.3 is 5.73 Å². The van der Waals surface area contributed by atoms with Gasteiger partial charge in [0.05, 0.1) is 6.04 Å². The van der Waals surface area contributed by atoms with Gasteiger partial charge in [0, 0.05) is 5.56 Å². The predicted octanol–water partition coefficient (Wildman–Crippen LogP) is 2.22. The number of rotatable bonds is 2. The van der Waals surface area contributed by atoms with Crippen molar-refractivity contribution < 1.29 is 8.78 Å². The number of hydrogen-bond donors (Lipinski definition) is 1. The fourth-order valence-electron chi connectivity index (χ4n) is 0.859. The molecule has 0 aliphatic heterocycles. The minimum absolute atomic E-state index is 0. The third-order valence-corrected chi connectivity index (χ3v) is 1.47. The molecule has 0 bridgehead atoms. The summed E-state index contributed by atoms with van der Waals surface area (Å²) < 4.78 is 24.7. The van der Waals surface area contributed by atoms with Gasteiger partial charge in [0.15, 0.2) is 0 Å². The molecule has 0 spiro atoms. The van der Waals surface area contributed by atoms with Crippen molar-refractivity contribution in [2.75, 3.05) is 6.67 Å². The third kappa shape index (κ3) is 2.43. The number of alkyl halides is 1. The average molecular weight is 194 g/mol. The summed E-state index contributed by atoms with van der Waals surface area (Å²) in [5, 5.41) is 0. The van der Waals surface area contributed by atoms with Crippen molar-refractivity contribution in [3.05, 3.63) is 35.6 Å². The van der Waals surface area contributed by atoms with Crippen molar-refractivity contribution in [1.29, 1.82) is 0 Å². The normalized spacial score (nSPS) is 11.9. The van der Waals surface area contributed by atoms with Gasteiger partial charge in [-0.25, -0.2) is 8.78 Å². The Kier molecular flexibility index (Phi) is 4.78. The van der Waals surface area contributed by atoms with Gasteiger partial charge in [0.25, 0.3) is 0 Å². The molecular formula is C8H10ClF2N. The van der Waals surface area contributed by atoms with Gasteiger partial charge in [0.2, 0.25) is 0 Å². The number of benzene rings is 1. The van der Waals surface area contributed by atoms with Crippen LogP contribution in [0.1, 0.15) is 11.6 Å². The highest BCUT2D eigenvalue weighted by Gasteiger charge is 2.08. The van der Waals surface area contributed by atoms with E-state index in [2.05, 4.69) is 0 Å². The molecule has 0 aromatic heterocycles. The van der Waals surface area contributed by atoms with Crippen LogP contribution in [0.3, 0.4) is 0 Å². The largest absolute Gasteiger partial charge is 0.322 e. The van der Waals surface area contributed by atoms with Gasteiger partial charge in [-0.3, -0.25) is 0 Å². The van der Waals surface area contributed by atoms with E-state index in [0.717, 1.165) is 0 Å². The van der Waals surface area contributed by atoms with E-state index in [1.807, 2.05) is 0 Å². The molecule has 1 rings (SSSR count). The first-order chi connectivity index (χ1) is 5.25. The van der Waals surface area contributed by atoms with Crippen molar-refractivity contribution in [3.63, 3.8) is 0 Å². The Bertz CT molecular complexity index is 242. The molecule has 12 heavy (non-hydrogen) atoms. The second-order valence-corrected chi connectivity index (χ2v) is 2.28. The molecule has 0 amide bonds. The molecule has 1 aromatic carbocycles. The van der Waals surface area contributed by atoms with Crippen LogP contribution in [-0.4, -0.2) is 6.67 Å². The number of halogens is 3. The molecule has 2 N–H and O–H groups in total. The molecule has 0 fully saturated rings. The molecule has 1 aromatic rings. The first kappa shape index (κ1) is 11.3. The fraction of sp³-hybridized carbons (Fsp3) is 0.250. The monoisotopic (exact) mass is 193 g/mol. The summed E-state index contributed by atoms with van der Waals surface area (Å²) in [6, 6.07) is 5.10. The average Bonchev–Trinajstić information content (AvgIpc) is 2.04. The first-order valence-corrected chi connectivity index (χ1v) is 3.31. The Labute approximate surface area is 76.0 Å². The minimum Gasteiger partial charge on any atom is -0.322 e. The van der Waals surface area contributed by atoms with Gasteiger partial charge >= 0.3 is 0 Å². The highest BCUT2D eigenvalue weighted by Crippen LogP contribution is 2.14. The third-order valence-electron chi connectivity index (χ3n) is 1.47. The van der Waals surface area contributed by atoms with E-state index in [9.17, 15) is 8.78 Å². The van der Waals surface area contributed by atoms with Crippen LogP contribution < -0.4 is 5.73 Å². The van der Waals surface area contributed by atoms with Gasteiger partial charge in [-0.1, -0.05) is 18.2 Å². The standard InChI is InChI=1S/C8H9F2N.ClH/c9-5-8(11)6-3-1-2-4-7(6)10;/h1-4,8H,5,11H2;1H/t8-;/m1./s1. The molecule has 0 radical (unpaired) electrons. The van der Waals surface area contributed by atoms with Crippen molar-refractivity contribution in [1.82, 2.24) is 0 Å². The molecule has 0 aliphatic rings. The molecule has 0 saturated heterocycles. The van der Waals surface area contributed by atoms with Crippen LogP contribution in [0.15, 0.2) is 24.3 Å². The molecule has 4 heteroatoms. The Morgan fingerprint density at radius 3 is 2.42 bits per heavy atom. The minimum atomic E-state index is -0.837. The quantitative estimate of drug-likeness (QED) is 0.766. The second-order valence-electron chi connectivity index (χ2n) is 2.28. The SMILES string of the molecule is Cl.N[C@H](CF)c1ccccc1F. The highest BCUT2D eigenvalue weighted by atomic mass is 35.5. The van der Waals surface area contributed by atoms with Crippen LogP contribution in [0.25, 0.3) is 0 Å². The molecule has 0 saturated carbocycles. The summed E-state index contributed by atoms with van der Waals surface area (Å²) in [7, 11) is 0. The Hall–Kier alpha value is -0.670. The van der Waals surface area contributed by atoms with Crippen molar-refractivity contribution in [2.24, 2.45) is 5.73 Å². The zero-order chi connectivity index (χ0) is 8.27. The first-order valence-electron chi connectivity index (χ1n) is 3.31. The van der Waals surface area contributed by atoms with Crippen LogP contribution in [-0.2, 0) is 0 Å². The summed E-state index contributed by atoms with van der Waals surface area (Å²) in [6.07, 6.45) is 0. The topological polar surface area (TPSA) is 26.0 Å². The van der Waals surface area contributed by atoms with Crippen LogP contribution in [0, 0.1) is 5.82 Å². The molecule has 1 nitrogen and oxygen atoms in total. The van der Waals surface area contributed by atoms with E-state index in [-0.39, 0.29) is 18.0 Å². The van der Waals surface area contributed by atoms with Crippen molar-refractivity contribution in [3.8, 4) is 0 Å². The van der Waals surface area contributed by atoms with E-state index >= 15 is 0 Å². The van der Waals surface area contributed by atoms with Gasteiger partial charge in [-0.05, 0) is 6.07 Å². The molecular weight excluding hydrogens is 184 g/mol. The molecule has 0 unspecified atom stereocenters. The maximum atomic E-state index is 12.8. The van der Waals surface area contributed by atoms with Crippen LogP contribution in [0.4, 0.5) is 8.78 Å². The molecule has 0 heterocycles. The summed E-state index contributed by atoms with van der Waals surface area (Å²) in [5.41, 5.74) is 5.51. The number of nitrogens with two attached hydrogens (primary N) is 1. The van der Waals surface area contributed by atoms with Gasteiger partial charge in [0.1, 0.15) is 12.5 Å². The number of hydrogen-bond acceptors (Lipinski definition) is 1. The van der Waals surface area contributed by atoms with Crippen molar-refractivity contribution >= 4 is 12.4 Å². The van der Waals surface area contributed by atoms with E-state index in [0.29, 0.717) is 0 Å². The summed E-state index contributed by atoms with van der Waals surface area (Å²) in [4.78, 5) is 0. The van der Waals surface area contributed by atoms with Crippen LogP contribution in [0.5, 0.6) is 0 Å². The fourth-order valence-corrected chi connectivity index (χ4v) is 0.859. The van der Waals surface area contributed by atoms with E-state index in [1.54, 1.807) is 12.1 Å². The maximum absolute atomic E-state index is 12.8. The maximum Gasteiger partial charge on any atom is 0.128 e. The Morgan fingerprint density at radius 2 is 1.92 bits per heavy atom. The van der Waals surface area contributed by atoms with Crippen LogP contribution in [0.2, 0.25) is 0 Å². The molecule has 0 aliphatic carbocycles. The van der Waals surface area contributed by atoms with E-state index < -0.39 is 18.5 Å². The predicted molar refractivity (Wildman–Crippen MR) is 46.6 cm³/mol. The zero-order valence-corrected chi connectivity index (χ0v) is 7.15. The van der Waals surface area contributed by atoms with E-state index in [1.165, 1.54) is 12.1 Å². The lowest BCUT2D eigenvalue weighted by atomic mass is 10.1. The second kappa shape index (κ2) is 5.06. The van der Waals surface area contributed by atoms with E-state index in [4.69, 9.17) is 5.73 Å². The van der Waals surface area contributed by atoms with Gasteiger partial charge in [-0.2, -0.15) is 0 Å². The highest BCUT2D eigenvalue weighted by molar-refractivity contribution is 5.85. The summed E-state index contributed by atoms with van der Waals surface area (Å²) in [6.45, 7) is -0.735. The smallest absolute Gasteiger partial charge is 0.128 e. The summed E-state index contributed by atoms with van der Waals surface area (Å²) in [5.74, 6) is -0.447. The molecule has 1 atom stereocenters.